The number of hydrogen-bond donors (Lipinski definition) is 1. The molecule has 1 atom stereocenters. The topological polar surface area (TPSA) is 53.4 Å². The summed E-state index contributed by atoms with van der Waals surface area (Å²) in [5.74, 6) is -0.912. The van der Waals surface area contributed by atoms with Gasteiger partial charge in [-0.25, -0.2) is 0 Å². The Kier molecular flexibility index (Phi) is 2.35. The first kappa shape index (κ1) is 8.99. The number of carboxylic acid groups (broad SMARTS) is 1. The molecule has 0 radical (unpaired) electrons. The molecule has 1 aliphatic rings. The lowest BCUT2D eigenvalue weighted by molar-refractivity contribution is -0.140. The summed E-state index contributed by atoms with van der Waals surface area (Å²) in [5.41, 5.74) is 1.06. The summed E-state index contributed by atoms with van der Waals surface area (Å²) >= 11 is 0. The molecule has 1 aliphatic heterocycles. The van der Waals surface area contributed by atoms with Crippen LogP contribution in [0.3, 0.4) is 0 Å². The van der Waals surface area contributed by atoms with Gasteiger partial charge in [-0.2, -0.15) is 0 Å². The lowest BCUT2D eigenvalue weighted by Gasteiger charge is -2.17. The number of rotatable bonds is 2. The molecule has 1 fully saturated rings. The summed E-state index contributed by atoms with van der Waals surface area (Å²) < 4.78 is 0. The van der Waals surface area contributed by atoms with E-state index in [1.54, 1.807) is 12.4 Å². The molecule has 1 N–H and O–H groups in total. The van der Waals surface area contributed by atoms with Crippen LogP contribution in [-0.2, 0) is 4.79 Å². The maximum Gasteiger partial charge on any atom is 0.308 e. The molecule has 4 heteroatoms. The van der Waals surface area contributed by atoms with Crippen molar-refractivity contribution >= 4 is 11.7 Å². The minimum absolute atomic E-state index is 0.219. The molecule has 0 spiro atoms. The van der Waals surface area contributed by atoms with Crippen molar-refractivity contribution in [1.82, 2.24) is 4.98 Å². The highest BCUT2D eigenvalue weighted by Crippen LogP contribution is 2.22. The van der Waals surface area contributed by atoms with E-state index in [1.165, 1.54) is 0 Å². The standard InChI is InChI=1S/C10H12N2O2/c13-10(14)8-3-6-12(7-8)9-1-4-11-5-2-9/h1-2,4-5,8H,3,6-7H2,(H,13,14)/t8-/m1/s1. The normalized spacial score (nSPS) is 21.1. The van der Waals surface area contributed by atoms with Crippen LogP contribution >= 0.6 is 0 Å². The van der Waals surface area contributed by atoms with Gasteiger partial charge in [0.15, 0.2) is 0 Å². The minimum atomic E-state index is -0.693. The molecule has 0 saturated carbocycles. The lowest BCUT2D eigenvalue weighted by Crippen LogP contribution is -2.22. The first-order valence-corrected chi connectivity index (χ1v) is 4.65. The summed E-state index contributed by atoms with van der Waals surface area (Å²) in [6.45, 7) is 1.43. The number of carboxylic acids is 1. The van der Waals surface area contributed by atoms with Crippen molar-refractivity contribution in [2.24, 2.45) is 5.92 Å². The molecule has 14 heavy (non-hydrogen) atoms. The Morgan fingerprint density at radius 3 is 2.79 bits per heavy atom. The second-order valence-electron chi connectivity index (χ2n) is 3.48. The van der Waals surface area contributed by atoms with Gasteiger partial charge in [-0.05, 0) is 18.6 Å². The first-order chi connectivity index (χ1) is 6.77. The van der Waals surface area contributed by atoms with Gasteiger partial charge in [-0.1, -0.05) is 0 Å². The molecule has 0 amide bonds. The van der Waals surface area contributed by atoms with Gasteiger partial charge in [0.25, 0.3) is 0 Å². The van der Waals surface area contributed by atoms with Gasteiger partial charge in [-0.3, -0.25) is 9.78 Å². The highest BCUT2D eigenvalue weighted by Gasteiger charge is 2.27. The van der Waals surface area contributed by atoms with E-state index < -0.39 is 5.97 Å². The largest absolute Gasteiger partial charge is 0.481 e. The van der Waals surface area contributed by atoms with Crippen LogP contribution in [-0.4, -0.2) is 29.1 Å². The smallest absolute Gasteiger partial charge is 0.308 e. The van der Waals surface area contributed by atoms with E-state index in [9.17, 15) is 4.79 Å². The molecule has 2 rings (SSSR count). The number of pyridine rings is 1. The van der Waals surface area contributed by atoms with Gasteiger partial charge in [-0.15, -0.1) is 0 Å². The molecule has 0 aromatic carbocycles. The molecule has 1 saturated heterocycles. The van der Waals surface area contributed by atoms with Crippen LogP contribution in [0, 0.1) is 5.92 Å². The van der Waals surface area contributed by atoms with Gasteiger partial charge in [0.1, 0.15) is 0 Å². The third-order valence-corrected chi connectivity index (χ3v) is 2.57. The molecule has 0 unspecified atom stereocenters. The monoisotopic (exact) mass is 192 g/mol. The van der Waals surface area contributed by atoms with Crippen LogP contribution < -0.4 is 4.90 Å². The zero-order valence-corrected chi connectivity index (χ0v) is 7.76. The van der Waals surface area contributed by atoms with Gasteiger partial charge in [0.2, 0.25) is 0 Å². The number of anilines is 1. The third kappa shape index (κ3) is 1.69. The van der Waals surface area contributed by atoms with Crippen molar-refractivity contribution < 1.29 is 9.90 Å². The van der Waals surface area contributed by atoms with Crippen LogP contribution in [0.1, 0.15) is 6.42 Å². The summed E-state index contributed by atoms with van der Waals surface area (Å²) in [7, 11) is 0. The van der Waals surface area contributed by atoms with Crippen LogP contribution in [0.15, 0.2) is 24.5 Å². The number of hydrogen-bond acceptors (Lipinski definition) is 3. The lowest BCUT2D eigenvalue weighted by atomic mass is 10.1. The minimum Gasteiger partial charge on any atom is -0.481 e. The molecule has 0 bridgehead atoms. The molecule has 1 aromatic heterocycles. The zero-order valence-electron chi connectivity index (χ0n) is 7.76. The Hall–Kier alpha value is -1.58. The Labute approximate surface area is 82.2 Å². The second kappa shape index (κ2) is 3.65. The van der Waals surface area contributed by atoms with E-state index in [0.29, 0.717) is 6.54 Å². The van der Waals surface area contributed by atoms with Crippen molar-refractivity contribution in [1.29, 1.82) is 0 Å². The molecule has 0 aliphatic carbocycles. The Morgan fingerprint density at radius 2 is 2.21 bits per heavy atom. The second-order valence-corrected chi connectivity index (χ2v) is 3.48. The number of aromatic nitrogens is 1. The predicted octanol–water partition coefficient (Wildman–Crippen LogP) is 0.992. The fourth-order valence-electron chi connectivity index (χ4n) is 1.75. The summed E-state index contributed by atoms with van der Waals surface area (Å²) in [5, 5.41) is 8.84. The van der Waals surface area contributed by atoms with Crippen LogP contribution in [0.2, 0.25) is 0 Å². The van der Waals surface area contributed by atoms with E-state index in [0.717, 1.165) is 18.7 Å². The summed E-state index contributed by atoms with van der Waals surface area (Å²) in [4.78, 5) is 16.8. The summed E-state index contributed by atoms with van der Waals surface area (Å²) in [6, 6.07) is 3.81. The maximum atomic E-state index is 10.7. The van der Waals surface area contributed by atoms with Crippen LogP contribution in [0.25, 0.3) is 0 Å². The molecular weight excluding hydrogens is 180 g/mol. The van der Waals surface area contributed by atoms with Crippen molar-refractivity contribution in [2.45, 2.75) is 6.42 Å². The number of aliphatic carboxylic acids is 1. The highest BCUT2D eigenvalue weighted by molar-refractivity contribution is 5.72. The van der Waals surface area contributed by atoms with Gasteiger partial charge >= 0.3 is 5.97 Å². The van der Waals surface area contributed by atoms with Crippen molar-refractivity contribution in [2.75, 3.05) is 18.0 Å². The SMILES string of the molecule is O=C(O)[C@@H]1CCN(c2ccncc2)C1. The van der Waals surface area contributed by atoms with E-state index >= 15 is 0 Å². The molecule has 2 heterocycles. The predicted molar refractivity (Wildman–Crippen MR) is 52.2 cm³/mol. The van der Waals surface area contributed by atoms with Crippen LogP contribution in [0.5, 0.6) is 0 Å². The van der Waals surface area contributed by atoms with E-state index in [4.69, 9.17) is 5.11 Å². The highest BCUT2D eigenvalue weighted by atomic mass is 16.4. The molecular formula is C10H12N2O2. The van der Waals surface area contributed by atoms with E-state index in [-0.39, 0.29) is 5.92 Å². The Bertz CT molecular complexity index is 326. The fraction of sp³-hybridized carbons (Fsp3) is 0.400. The summed E-state index contributed by atoms with van der Waals surface area (Å²) in [6.07, 6.45) is 4.19. The average Bonchev–Trinajstić information content (AvgIpc) is 2.68. The van der Waals surface area contributed by atoms with Crippen molar-refractivity contribution in [3.05, 3.63) is 24.5 Å². The van der Waals surface area contributed by atoms with Gasteiger partial charge < -0.3 is 10.0 Å². The maximum absolute atomic E-state index is 10.7. The molecule has 74 valence electrons. The van der Waals surface area contributed by atoms with Crippen molar-refractivity contribution in [3.63, 3.8) is 0 Å². The molecule has 1 aromatic rings. The van der Waals surface area contributed by atoms with E-state index in [2.05, 4.69) is 9.88 Å². The third-order valence-electron chi connectivity index (χ3n) is 2.57. The van der Waals surface area contributed by atoms with Crippen molar-refractivity contribution in [3.8, 4) is 0 Å². The van der Waals surface area contributed by atoms with E-state index in [1.807, 2.05) is 12.1 Å². The van der Waals surface area contributed by atoms with Crippen LogP contribution in [0.4, 0.5) is 5.69 Å². The van der Waals surface area contributed by atoms with Gasteiger partial charge in [0.05, 0.1) is 5.92 Å². The number of nitrogens with zero attached hydrogens (tertiary/aromatic N) is 2. The Morgan fingerprint density at radius 1 is 1.50 bits per heavy atom. The average molecular weight is 192 g/mol. The molecule has 4 nitrogen and oxygen atoms in total. The quantitative estimate of drug-likeness (QED) is 0.759. The Balaban J connectivity index is 2.06. The first-order valence-electron chi connectivity index (χ1n) is 4.65. The van der Waals surface area contributed by atoms with Gasteiger partial charge in [0, 0.05) is 31.2 Å². The number of carbonyl (C=O) groups is 1. The zero-order chi connectivity index (χ0) is 9.97. The fourth-order valence-corrected chi connectivity index (χ4v) is 1.75.